The van der Waals surface area contributed by atoms with Crippen molar-refractivity contribution in [2.75, 3.05) is 18.9 Å². The quantitative estimate of drug-likeness (QED) is 0.811. The number of nitrogens with one attached hydrogen (secondary N) is 2. The van der Waals surface area contributed by atoms with Crippen LogP contribution >= 0.6 is 0 Å². The lowest BCUT2D eigenvalue weighted by Crippen LogP contribution is -2.33. The summed E-state index contributed by atoms with van der Waals surface area (Å²) in [5.41, 5.74) is 1.88. The topological polar surface area (TPSA) is 41.1 Å². The first kappa shape index (κ1) is 14.6. The Hall–Kier alpha value is -1.51. The van der Waals surface area contributed by atoms with Crippen LogP contribution in [0.3, 0.4) is 0 Å². The molecule has 2 N–H and O–H groups in total. The Morgan fingerprint density at radius 2 is 1.83 bits per heavy atom. The van der Waals surface area contributed by atoms with Crippen LogP contribution in [0.5, 0.6) is 0 Å². The van der Waals surface area contributed by atoms with Gasteiger partial charge in [0.15, 0.2) is 0 Å². The van der Waals surface area contributed by atoms with E-state index in [0.717, 1.165) is 18.5 Å². The van der Waals surface area contributed by atoms with Gasteiger partial charge in [0.1, 0.15) is 0 Å². The maximum Gasteiger partial charge on any atom is 0.251 e. The summed E-state index contributed by atoms with van der Waals surface area (Å²) in [5, 5.41) is 6.04. The molecule has 0 saturated carbocycles. The molecule has 0 spiro atoms. The normalized spacial score (nSPS) is 11.1. The van der Waals surface area contributed by atoms with E-state index in [0.29, 0.717) is 12.1 Å². The minimum Gasteiger partial charge on any atom is -0.388 e. The van der Waals surface area contributed by atoms with Crippen molar-refractivity contribution in [2.24, 2.45) is 5.41 Å². The van der Waals surface area contributed by atoms with Crippen LogP contribution in [0, 0.1) is 5.41 Å². The standard InChI is InChI=1S/C15H24N2O/c1-5-10-15(2,3)11-17-14(18)12-6-8-13(16-4)9-7-12/h6-9,16H,5,10-11H2,1-4H3,(H,17,18). The van der Waals surface area contributed by atoms with Gasteiger partial charge in [-0.05, 0) is 36.1 Å². The highest BCUT2D eigenvalue weighted by molar-refractivity contribution is 5.94. The largest absolute Gasteiger partial charge is 0.388 e. The van der Waals surface area contributed by atoms with Gasteiger partial charge in [0.05, 0.1) is 0 Å². The molecule has 100 valence electrons. The summed E-state index contributed by atoms with van der Waals surface area (Å²) >= 11 is 0. The molecule has 0 aromatic heterocycles. The van der Waals surface area contributed by atoms with Crippen molar-refractivity contribution in [3.8, 4) is 0 Å². The summed E-state index contributed by atoms with van der Waals surface area (Å²) < 4.78 is 0. The number of amides is 1. The Balaban J connectivity index is 2.54. The summed E-state index contributed by atoms with van der Waals surface area (Å²) in [5.74, 6) is 0.00170. The maximum atomic E-state index is 12.0. The van der Waals surface area contributed by atoms with Gasteiger partial charge in [0, 0.05) is 24.8 Å². The van der Waals surface area contributed by atoms with Crippen molar-refractivity contribution in [2.45, 2.75) is 33.6 Å². The Morgan fingerprint density at radius 1 is 1.22 bits per heavy atom. The van der Waals surface area contributed by atoms with Crippen molar-refractivity contribution in [3.05, 3.63) is 29.8 Å². The van der Waals surface area contributed by atoms with Crippen molar-refractivity contribution in [1.29, 1.82) is 0 Å². The van der Waals surface area contributed by atoms with Crippen molar-refractivity contribution < 1.29 is 4.79 Å². The smallest absolute Gasteiger partial charge is 0.251 e. The zero-order chi connectivity index (χ0) is 13.6. The van der Waals surface area contributed by atoms with Gasteiger partial charge < -0.3 is 10.6 Å². The van der Waals surface area contributed by atoms with E-state index in [1.807, 2.05) is 31.3 Å². The van der Waals surface area contributed by atoms with E-state index >= 15 is 0 Å². The molecule has 0 fully saturated rings. The fourth-order valence-corrected chi connectivity index (χ4v) is 1.98. The molecule has 0 saturated heterocycles. The average Bonchev–Trinajstić information content (AvgIpc) is 2.36. The molecule has 1 amide bonds. The SMILES string of the molecule is CCCC(C)(C)CNC(=O)c1ccc(NC)cc1. The van der Waals surface area contributed by atoms with Crippen LogP contribution < -0.4 is 10.6 Å². The van der Waals surface area contributed by atoms with Gasteiger partial charge in [-0.2, -0.15) is 0 Å². The van der Waals surface area contributed by atoms with E-state index in [1.165, 1.54) is 0 Å². The van der Waals surface area contributed by atoms with E-state index in [9.17, 15) is 4.79 Å². The van der Waals surface area contributed by atoms with Crippen LogP contribution in [0.4, 0.5) is 5.69 Å². The molecule has 3 heteroatoms. The predicted molar refractivity (Wildman–Crippen MR) is 77.0 cm³/mol. The minimum atomic E-state index is 0.00170. The number of carbonyl (C=O) groups excluding carboxylic acids is 1. The second-order valence-electron chi connectivity index (χ2n) is 5.42. The van der Waals surface area contributed by atoms with Gasteiger partial charge in [-0.3, -0.25) is 4.79 Å². The first-order chi connectivity index (χ1) is 8.48. The molecule has 1 rings (SSSR count). The lowest BCUT2D eigenvalue weighted by Gasteiger charge is -2.24. The molecule has 0 unspecified atom stereocenters. The summed E-state index contributed by atoms with van der Waals surface area (Å²) in [7, 11) is 1.86. The number of hydrogen-bond acceptors (Lipinski definition) is 2. The predicted octanol–water partition coefficient (Wildman–Crippen LogP) is 3.28. The maximum absolute atomic E-state index is 12.0. The number of anilines is 1. The average molecular weight is 248 g/mol. The van der Waals surface area contributed by atoms with Gasteiger partial charge in [0.2, 0.25) is 0 Å². The Morgan fingerprint density at radius 3 is 2.33 bits per heavy atom. The number of rotatable bonds is 6. The minimum absolute atomic E-state index is 0.00170. The van der Waals surface area contributed by atoms with E-state index < -0.39 is 0 Å². The molecule has 1 aromatic carbocycles. The third-order valence-electron chi connectivity index (χ3n) is 3.09. The van der Waals surface area contributed by atoms with Crippen LogP contribution in [0.1, 0.15) is 44.0 Å². The third-order valence-corrected chi connectivity index (χ3v) is 3.09. The lowest BCUT2D eigenvalue weighted by molar-refractivity contribution is 0.0934. The first-order valence-corrected chi connectivity index (χ1v) is 6.54. The molecule has 3 nitrogen and oxygen atoms in total. The van der Waals surface area contributed by atoms with Crippen LogP contribution in [0.25, 0.3) is 0 Å². The van der Waals surface area contributed by atoms with Crippen LogP contribution in [-0.4, -0.2) is 19.5 Å². The fraction of sp³-hybridized carbons (Fsp3) is 0.533. The van der Waals surface area contributed by atoms with Gasteiger partial charge in [-0.1, -0.05) is 27.2 Å². The van der Waals surface area contributed by atoms with Crippen molar-refractivity contribution in [1.82, 2.24) is 5.32 Å². The molecule has 1 aromatic rings. The Bertz CT molecular complexity index is 382. The second kappa shape index (κ2) is 6.43. The molecule has 18 heavy (non-hydrogen) atoms. The lowest BCUT2D eigenvalue weighted by atomic mass is 9.88. The van der Waals surface area contributed by atoms with Crippen LogP contribution in [0.2, 0.25) is 0 Å². The van der Waals surface area contributed by atoms with E-state index in [2.05, 4.69) is 31.4 Å². The van der Waals surface area contributed by atoms with E-state index in [1.54, 1.807) is 0 Å². The zero-order valence-corrected chi connectivity index (χ0v) is 11.8. The Labute approximate surface area is 110 Å². The van der Waals surface area contributed by atoms with Crippen LogP contribution in [0.15, 0.2) is 24.3 Å². The molecule has 0 bridgehead atoms. The fourth-order valence-electron chi connectivity index (χ4n) is 1.98. The molecular weight excluding hydrogens is 224 g/mol. The molecular formula is C15H24N2O. The summed E-state index contributed by atoms with van der Waals surface area (Å²) in [6.45, 7) is 7.25. The number of benzene rings is 1. The highest BCUT2D eigenvalue weighted by atomic mass is 16.1. The van der Waals surface area contributed by atoms with Gasteiger partial charge in [-0.15, -0.1) is 0 Å². The van der Waals surface area contributed by atoms with Gasteiger partial charge in [0.25, 0.3) is 5.91 Å². The highest BCUT2D eigenvalue weighted by Crippen LogP contribution is 2.20. The molecule has 0 aliphatic rings. The second-order valence-corrected chi connectivity index (χ2v) is 5.42. The summed E-state index contributed by atoms with van der Waals surface area (Å²) in [6.07, 6.45) is 2.26. The molecule has 0 aliphatic heterocycles. The molecule has 0 heterocycles. The third kappa shape index (κ3) is 4.40. The number of carbonyl (C=O) groups is 1. The van der Waals surface area contributed by atoms with Gasteiger partial charge in [-0.25, -0.2) is 0 Å². The highest BCUT2D eigenvalue weighted by Gasteiger charge is 2.17. The van der Waals surface area contributed by atoms with Crippen LogP contribution in [-0.2, 0) is 0 Å². The molecule has 0 radical (unpaired) electrons. The van der Waals surface area contributed by atoms with E-state index in [-0.39, 0.29) is 11.3 Å². The van der Waals surface area contributed by atoms with Crippen molar-refractivity contribution >= 4 is 11.6 Å². The molecule has 0 aliphatic carbocycles. The number of hydrogen-bond donors (Lipinski definition) is 2. The Kier molecular flexibility index (Phi) is 5.20. The van der Waals surface area contributed by atoms with Crippen molar-refractivity contribution in [3.63, 3.8) is 0 Å². The molecule has 0 atom stereocenters. The summed E-state index contributed by atoms with van der Waals surface area (Å²) in [4.78, 5) is 12.0. The summed E-state index contributed by atoms with van der Waals surface area (Å²) in [6, 6.07) is 7.50. The van der Waals surface area contributed by atoms with E-state index in [4.69, 9.17) is 0 Å². The monoisotopic (exact) mass is 248 g/mol. The zero-order valence-electron chi connectivity index (χ0n) is 11.8. The first-order valence-electron chi connectivity index (χ1n) is 6.54. The van der Waals surface area contributed by atoms with Gasteiger partial charge >= 0.3 is 0 Å².